The van der Waals surface area contributed by atoms with Crippen molar-refractivity contribution in [1.29, 1.82) is 0 Å². The minimum Gasteiger partial charge on any atom is 0 e. The Bertz CT molecular complexity index is 11.6. The molecule has 0 amide bonds. The van der Waals surface area contributed by atoms with Crippen LogP contribution in [0.25, 0.3) is 0 Å². The van der Waals surface area contributed by atoms with Crippen molar-refractivity contribution in [3.63, 3.8) is 0 Å². The first-order chi connectivity index (χ1) is 0. The maximum atomic E-state index is 0. The van der Waals surface area contributed by atoms with Gasteiger partial charge in [0, 0.05) is 106 Å². The van der Waals surface area contributed by atoms with E-state index in [2.05, 4.69) is 0 Å². The van der Waals surface area contributed by atoms with Gasteiger partial charge in [0.15, 0.2) is 0 Å². The van der Waals surface area contributed by atoms with Crippen molar-refractivity contribution in [3.8, 4) is 0 Å². The molecule has 0 aromatic heterocycles. The second-order valence-electron chi connectivity index (χ2n) is 0. The van der Waals surface area contributed by atoms with Crippen LogP contribution >= 0.6 is 0 Å². The smallest absolute Gasteiger partial charge is 0 e. The van der Waals surface area contributed by atoms with Gasteiger partial charge in [-0.3, -0.25) is 0 Å². The van der Waals surface area contributed by atoms with Crippen molar-refractivity contribution >= 4 is 86.3 Å². The summed E-state index contributed by atoms with van der Waals surface area (Å²) in [5.41, 5.74) is 0. The second-order valence-corrected chi connectivity index (χ2v) is 0. The molecule has 0 aromatic carbocycles. The van der Waals surface area contributed by atoms with Gasteiger partial charge in [-0.2, -0.15) is 0 Å². The standard InChI is InChI=1S/B.Ca.Mg.Se.Zn. The fraction of sp³-hybridized carbons (Fsp3) is 0. The fourth-order valence-corrected chi connectivity index (χ4v) is 0. The molecule has 0 rings (SSSR count). The predicted octanol–water partition coefficient (Wildman–Crippen LogP) is -1.53. The van der Waals surface area contributed by atoms with Gasteiger partial charge >= 0.3 is 0 Å². The second kappa shape index (κ2) is 26.9. The van der Waals surface area contributed by atoms with Crippen LogP contribution in [0.5, 0.6) is 0 Å². The summed E-state index contributed by atoms with van der Waals surface area (Å²) in [4.78, 5) is 0. The van der Waals surface area contributed by atoms with Crippen LogP contribution in [0.2, 0.25) is 0 Å². The van der Waals surface area contributed by atoms with Crippen LogP contribution in [-0.4, -0.2) is 86.3 Å². The zero-order valence-corrected chi connectivity index (χ0v) is 11.4. The van der Waals surface area contributed by atoms with Crippen molar-refractivity contribution in [3.05, 3.63) is 0 Å². The van der Waals surface area contributed by atoms with Crippen molar-refractivity contribution in [1.82, 2.24) is 0 Å². The van der Waals surface area contributed by atoms with Gasteiger partial charge in [-0.25, -0.2) is 0 Å². The number of hydrogen-bond donors (Lipinski definition) is 0. The molecule has 0 aliphatic heterocycles. The third-order valence-electron chi connectivity index (χ3n) is 0. The number of rotatable bonds is 0. The van der Waals surface area contributed by atoms with E-state index in [1.54, 1.807) is 0 Å². The van der Waals surface area contributed by atoms with E-state index in [0.717, 1.165) is 0 Å². The summed E-state index contributed by atoms with van der Waals surface area (Å²) in [5, 5.41) is 0. The minimum atomic E-state index is 0. The summed E-state index contributed by atoms with van der Waals surface area (Å²) in [6, 6.07) is 0. The fourth-order valence-electron chi connectivity index (χ4n) is 0. The Balaban J connectivity index is 0. The van der Waals surface area contributed by atoms with Gasteiger partial charge in [0.05, 0.1) is 0 Å². The molecule has 0 fully saturated rings. The quantitative estimate of drug-likeness (QED) is 0.434. The van der Waals surface area contributed by atoms with E-state index in [4.69, 9.17) is 0 Å². The molecule has 5 heavy (non-hydrogen) atoms. The zero-order chi connectivity index (χ0) is 0. The van der Waals surface area contributed by atoms with Crippen LogP contribution in [0.3, 0.4) is 0 Å². The monoisotopic (exact) mass is 219 g/mol. The molecule has 0 bridgehead atoms. The van der Waals surface area contributed by atoms with Gasteiger partial charge in [-0.15, -0.1) is 0 Å². The summed E-state index contributed by atoms with van der Waals surface area (Å²) in [7, 11) is 0. The average molecular weight is 220 g/mol. The SMILES string of the molecule is [B].[Ca].[Mg].[Se].[Zn]. The molecule has 0 atom stereocenters. The predicted molar refractivity (Wildman–Crippen MR) is 23.0 cm³/mol. The van der Waals surface area contributed by atoms with E-state index >= 15 is 0 Å². The maximum absolute atomic E-state index is 0. The van der Waals surface area contributed by atoms with Crippen molar-refractivity contribution in [2.45, 2.75) is 0 Å². The van der Waals surface area contributed by atoms with Crippen molar-refractivity contribution < 1.29 is 19.5 Å². The van der Waals surface area contributed by atoms with Gasteiger partial charge in [0.2, 0.25) is 0 Å². The zero-order valence-electron chi connectivity index (χ0n) is 3.11. The molecule has 0 saturated carbocycles. The molecule has 0 nitrogen and oxygen atoms in total. The molecule has 15 valence electrons. The van der Waals surface area contributed by atoms with Gasteiger partial charge < -0.3 is 0 Å². The van der Waals surface area contributed by atoms with Gasteiger partial charge in [0.25, 0.3) is 0 Å². The van der Waals surface area contributed by atoms with Crippen LogP contribution in [0.4, 0.5) is 0 Å². The van der Waals surface area contributed by atoms with Crippen LogP contribution in [0.1, 0.15) is 0 Å². The van der Waals surface area contributed by atoms with E-state index in [0.29, 0.717) is 0 Å². The minimum absolute atomic E-state index is 0. The molecule has 0 unspecified atom stereocenters. The normalized spacial score (nSPS) is 0. The van der Waals surface area contributed by atoms with Gasteiger partial charge in [-0.1, -0.05) is 0 Å². The van der Waals surface area contributed by atoms with E-state index in [9.17, 15) is 0 Å². The Hall–Kier alpha value is 3.23. The van der Waals surface area contributed by atoms with E-state index < -0.39 is 0 Å². The average Bonchev–Trinajstić information content (AvgIpc) is 0. The van der Waals surface area contributed by atoms with Crippen molar-refractivity contribution in [2.24, 2.45) is 0 Å². The molecular weight excluding hydrogens is 220 g/mol. The first-order valence-corrected chi connectivity index (χ1v) is 0. The summed E-state index contributed by atoms with van der Waals surface area (Å²) in [6.07, 6.45) is 0. The molecule has 9 radical (unpaired) electrons. The summed E-state index contributed by atoms with van der Waals surface area (Å²) < 4.78 is 0. The molecule has 0 saturated heterocycles. The summed E-state index contributed by atoms with van der Waals surface area (Å²) in [6.45, 7) is 0. The first-order valence-electron chi connectivity index (χ1n) is 0. The van der Waals surface area contributed by atoms with E-state index in [1.165, 1.54) is 0 Å². The molecule has 0 N–H and O–H groups in total. The number of hydrogen-bond acceptors (Lipinski definition) is 0. The first kappa shape index (κ1) is 41.2. The Kier molecular flexibility index (Phi) is 222. The molecule has 0 aliphatic carbocycles. The van der Waals surface area contributed by atoms with Crippen LogP contribution in [0, 0.1) is 0 Å². The third kappa shape index (κ3) is 18.9. The van der Waals surface area contributed by atoms with Crippen LogP contribution in [0.15, 0.2) is 0 Å². The molecular formula is BCaMgSeZn. The molecule has 5 heteroatoms. The van der Waals surface area contributed by atoms with Crippen LogP contribution in [-0.2, 0) is 19.5 Å². The van der Waals surface area contributed by atoms with Crippen molar-refractivity contribution in [2.75, 3.05) is 0 Å². The van der Waals surface area contributed by atoms with E-state index in [1.807, 2.05) is 0 Å². The largest absolute Gasteiger partial charge is 0 e. The summed E-state index contributed by atoms with van der Waals surface area (Å²) in [5.74, 6) is 0. The maximum Gasteiger partial charge on any atom is 0 e. The van der Waals surface area contributed by atoms with Gasteiger partial charge in [-0.05, 0) is 0 Å². The third-order valence-corrected chi connectivity index (χ3v) is 0. The molecule has 0 aromatic rings. The van der Waals surface area contributed by atoms with E-state index in [-0.39, 0.29) is 106 Å². The molecule has 0 aliphatic rings. The Morgan fingerprint density at radius 3 is 1.00 bits per heavy atom. The topological polar surface area (TPSA) is 0 Å². The Labute approximate surface area is 104 Å². The Morgan fingerprint density at radius 2 is 1.00 bits per heavy atom. The molecule has 0 heterocycles. The summed E-state index contributed by atoms with van der Waals surface area (Å²) >= 11 is 0. The Morgan fingerprint density at radius 1 is 1.00 bits per heavy atom. The molecule has 0 spiro atoms. The van der Waals surface area contributed by atoms with Crippen LogP contribution < -0.4 is 0 Å². The van der Waals surface area contributed by atoms with Gasteiger partial charge in [0.1, 0.15) is 0 Å².